The summed E-state index contributed by atoms with van der Waals surface area (Å²) in [6.45, 7) is 0. The lowest BCUT2D eigenvalue weighted by Gasteiger charge is -2.20. The summed E-state index contributed by atoms with van der Waals surface area (Å²) in [5.41, 5.74) is 3.49. The Labute approximate surface area is 194 Å². The van der Waals surface area contributed by atoms with Gasteiger partial charge in [0.05, 0.1) is 23.3 Å². The van der Waals surface area contributed by atoms with Gasteiger partial charge in [-0.2, -0.15) is 10.5 Å². The Hall–Kier alpha value is -3.68. The van der Waals surface area contributed by atoms with Crippen LogP contribution in [0, 0.1) is 28.5 Å². The van der Waals surface area contributed by atoms with Crippen LogP contribution in [0.4, 0.5) is 17.6 Å². The number of benzene rings is 3. The van der Waals surface area contributed by atoms with E-state index in [4.69, 9.17) is 10.5 Å². The van der Waals surface area contributed by atoms with Gasteiger partial charge < -0.3 is 5.11 Å². The molecular weight excluding hydrogens is 444 g/mol. The van der Waals surface area contributed by atoms with Crippen LogP contribution >= 0.6 is 0 Å². The van der Waals surface area contributed by atoms with Crippen LogP contribution in [0.2, 0.25) is 0 Å². The van der Waals surface area contributed by atoms with Crippen molar-refractivity contribution in [2.45, 2.75) is 43.9 Å². The van der Waals surface area contributed by atoms with E-state index in [-0.39, 0.29) is 11.1 Å². The molecule has 3 nitrogen and oxygen atoms in total. The number of nitrogens with zero attached hydrogens (tertiary/aromatic N) is 2. The average molecular weight is 464 g/mol. The molecule has 0 bridgehead atoms. The van der Waals surface area contributed by atoms with Crippen LogP contribution in [-0.2, 0) is 12.8 Å². The minimum absolute atomic E-state index is 0.236. The van der Waals surface area contributed by atoms with Gasteiger partial charge in [0.1, 0.15) is 18.1 Å². The molecule has 2 atom stereocenters. The summed E-state index contributed by atoms with van der Waals surface area (Å²) in [5.74, 6) is -3.68. The Morgan fingerprint density at radius 2 is 1.65 bits per heavy atom. The van der Waals surface area contributed by atoms with Crippen molar-refractivity contribution in [3.63, 3.8) is 0 Å². The molecule has 34 heavy (non-hydrogen) atoms. The number of halogens is 4. The molecule has 5 rings (SSSR count). The van der Waals surface area contributed by atoms with Crippen molar-refractivity contribution in [1.29, 1.82) is 10.5 Å². The number of hydrogen-bond donors (Lipinski definition) is 1. The van der Waals surface area contributed by atoms with Crippen LogP contribution in [-0.4, -0.2) is 11.0 Å². The topological polar surface area (TPSA) is 67.8 Å². The normalized spacial score (nSPS) is 19.6. The molecule has 3 aromatic carbocycles. The summed E-state index contributed by atoms with van der Waals surface area (Å²) in [6.07, 6.45) is -1.55. The molecule has 1 N–H and O–H groups in total. The molecule has 0 amide bonds. The predicted molar refractivity (Wildman–Crippen MR) is 118 cm³/mol. The highest BCUT2D eigenvalue weighted by Gasteiger charge is 2.47. The maximum atomic E-state index is 13.7. The van der Waals surface area contributed by atoms with Gasteiger partial charge in [0.2, 0.25) is 0 Å². The highest BCUT2D eigenvalue weighted by molar-refractivity contribution is 5.75. The molecule has 0 fully saturated rings. The molecule has 0 aromatic heterocycles. The highest BCUT2D eigenvalue weighted by atomic mass is 19.3. The molecular formula is C27H20F4N2O. The third kappa shape index (κ3) is 4.27. The lowest BCUT2D eigenvalue weighted by molar-refractivity contribution is -0.0966. The van der Waals surface area contributed by atoms with Crippen LogP contribution in [0.3, 0.4) is 0 Å². The third-order valence-corrected chi connectivity index (χ3v) is 6.23. The zero-order valence-corrected chi connectivity index (χ0v) is 18.0. The first-order chi connectivity index (χ1) is 16.3. The van der Waals surface area contributed by atoms with Crippen molar-refractivity contribution < 1.29 is 22.7 Å². The number of rotatable bonds is 1. The van der Waals surface area contributed by atoms with Gasteiger partial charge in [-0.1, -0.05) is 36.4 Å². The maximum absolute atomic E-state index is 13.7. The Morgan fingerprint density at radius 1 is 0.941 bits per heavy atom. The second-order valence-electron chi connectivity index (χ2n) is 8.37. The fourth-order valence-corrected chi connectivity index (χ4v) is 4.63. The summed E-state index contributed by atoms with van der Waals surface area (Å²) in [4.78, 5) is 0. The molecule has 2 aliphatic rings. The smallest absolute Gasteiger partial charge is 0.281 e. The fourth-order valence-electron chi connectivity index (χ4n) is 4.63. The summed E-state index contributed by atoms with van der Waals surface area (Å²) >= 11 is 0. The van der Waals surface area contributed by atoms with Crippen LogP contribution in [0.15, 0.2) is 54.6 Å². The summed E-state index contributed by atoms with van der Waals surface area (Å²) < 4.78 is 53.8. The molecule has 0 radical (unpaired) electrons. The van der Waals surface area contributed by atoms with Crippen molar-refractivity contribution in [3.8, 4) is 23.3 Å². The number of fused-ring (bicyclic) bond motifs is 2. The summed E-state index contributed by atoms with van der Waals surface area (Å²) in [5, 5.41) is 27.8. The Morgan fingerprint density at radius 3 is 2.38 bits per heavy atom. The molecule has 0 aliphatic heterocycles. The third-order valence-electron chi connectivity index (χ3n) is 6.23. The van der Waals surface area contributed by atoms with Gasteiger partial charge in [-0.25, -0.2) is 17.6 Å². The van der Waals surface area contributed by atoms with Gasteiger partial charge in [0, 0.05) is 6.42 Å². The fraction of sp³-hybridized carbons (Fsp3) is 0.259. The van der Waals surface area contributed by atoms with E-state index in [1.807, 2.05) is 6.07 Å². The molecule has 3 aromatic rings. The predicted octanol–water partition coefficient (Wildman–Crippen LogP) is 6.49. The van der Waals surface area contributed by atoms with E-state index in [0.29, 0.717) is 46.2 Å². The van der Waals surface area contributed by atoms with E-state index in [1.165, 1.54) is 12.1 Å². The Bertz CT molecular complexity index is 1320. The lowest BCUT2D eigenvalue weighted by Crippen LogP contribution is -2.21. The number of alkyl halides is 3. The average Bonchev–Trinajstić information content (AvgIpc) is 3.07. The minimum Gasteiger partial charge on any atom is -0.382 e. The highest BCUT2D eigenvalue weighted by Crippen LogP contribution is 2.47. The van der Waals surface area contributed by atoms with Crippen molar-refractivity contribution in [3.05, 3.63) is 93.8 Å². The molecule has 2 unspecified atom stereocenters. The molecule has 172 valence electrons. The van der Waals surface area contributed by atoms with Gasteiger partial charge in [0.25, 0.3) is 5.92 Å². The van der Waals surface area contributed by atoms with Crippen molar-refractivity contribution >= 4 is 0 Å². The molecule has 7 heteroatoms. The summed E-state index contributed by atoms with van der Waals surface area (Å²) in [7, 11) is 0. The van der Waals surface area contributed by atoms with E-state index in [1.54, 1.807) is 42.5 Å². The van der Waals surface area contributed by atoms with Gasteiger partial charge in [0.15, 0.2) is 0 Å². The number of nitriles is 2. The minimum atomic E-state index is -3.15. The zero-order valence-electron chi connectivity index (χ0n) is 18.0. The van der Waals surface area contributed by atoms with E-state index >= 15 is 0 Å². The SMILES string of the molecule is N#Cc1cc(F)cc2c1CCCC2F.N#Cc1ccccc1-c1cccc2c1C(O)C(F)(F)C2. The van der Waals surface area contributed by atoms with Crippen LogP contribution < -0.4 is 0 Å². The molecule has 0 spiro atoms. The largest absolute Gasteiger partial charge is 0.382 e. The molecule has 0 saturated carbocycles. The number of aliphatic hydroxyl groups excluding tert-OH is 1. The van der Waals surface area contributed by atoms with E-state index in [0.717, 1.165) is 6.42 Å². The standard InChI is InChI=1S/C16H11F2NO.C11H9F2N/c17-16(18)8-10-5-3-7-13(14(10)15(16)20)12-6-2-1-4-11(12)9-19;12-8-4-7(6-14)9-2-1-3-11(13)10(9)5-8/h1-7,15,20H,8H2;4-5,11H,1-3H2. The van der Waals surface area contributed by atoms with Gasteiger partial charge >= 0.3 is 0 Å². The lowest BCUT2D eigenvalue weighted by atomic mass is 9.87. The maximum Gasteiger partial charge on any atom is 0.281 e. The number of aliphatic hydroxyl groups is 1. The zero-order chi connectivity index (χ0) is 24.5. The van der Waals surface area contributed by atoms with Gasteiger partial charge in [-0.3, -0.25) is 0 Å². The van der Waals surface area contributed by atoms with E-state index in [2.05, 4.69) is 6.07 Å². The molecule has 2 aliphatic carbocycles. The van der Waals surface area contributed by atoms with Crippen LogP contribution in [0.1, 0.15) is 58.5 Å². The first-order valence-corrected chi connectivity index (χ1v) is 10.8. The van der Waals surface area contributed by atoms with E-state index in [9.17, 15) is 22.7 Å². The quantitative estimate of drug-likeness (QED) is 0.418. The molecule has 0 saturated heterocycles. The Kier molecular flexibility index (Phi) is 6.41. The van der Waals surface area contributed by atoms with Crippen LogP contribution in [0.5, 0.6) is 0 Å². The van der Waals surface area contributed by atoms with E-state index < -0.39 is 30.4 Å². The second kappa shape index (κ2) is 9.29. The Balaban J connectivity index is 0.000000172. The van der Waals surface area contributed by atoms with Crippen molar-refractivity contribution in [2.24, 2.45) is 0 Å². The molecule has 0 heterocycles. The first kappa shape index (κ1) is 23.5. The van der Waals surface area contributed by atoms with Gasteiger partial charge in [-0.15, -0.1) is 0 Å². The van der Waals surface area contributed by atoms with Crippen molar-refractivity contribution in [1.82, 2.24) is 0 Å². The van der Waals surface area contributed by atoms with Crippen LogP contribution in [0.25, 0.3) is 11.1 Å². The second-order valence-corrected chi connectivity index (χ2v) is 8.37. The summed E-state index contributed by atoms with van der Waals surface area (Å²) in [6, 6.07) is 18.1. The van der Waals surface area contributed by atoms with Gasteiger partial charge in [-0.05, 0) is 70.8 Å². The first-order valence-electron chi connectivity index (χ1n) is 10.8. The number of hydrogen-bond acceptors (Lipinski definition) is 3. The monoisotopic (exact) mass is 464 g/mol. The van der Waals surface area contributed by atoms with Crippen molar-refractivity contribution in [2.75, 3.05) is 0 Å².